The van der Waals surface area contributed by atoms with E-state index in [-0.39, 0.29) is 12.7 Å². The van der Waals surface area contributed by atoms with E-state index in [1.807, 2.05) is 26.0 Å². The summed E-state index contributed by atoms with van der Waals surface area (Å²) >= 11 is 0. The zero-order valence-corrected chi connectivity index (χ0v) is 13.0. The van der Waals surface area contributed by atoms with Crippen molar-refractivity contribution in [1.82, 2.24) is 5.32 Å². The summed E-state index contributed by atoms with van der Waals surface area (Å²) in [5.74, 6) is 1.13. The molecule has 0 amide bonds. The second-order valence-corrected chi connectivity index (χ2v) is 6.20. The number of hydrogen-bond donors (Lipinski definition) is 3. The van der Waals surface area contributed by atoms with Gasteiger partial charge in [-0.15, -0.1) is 0 Å². The second-order valence-electron chi connectivity index (χ2n) is 6.20. The lowest BCUT2D eigenvalue weighted by Crippen LogP contribution is -2.36. The number of nitrogens with one attached hydrogen (secondary N) is 1. The van der Waals surface area contributed by atoms with Crippen molar-refractivity contribution in [2.75, 3.05) is 19.7 Å². The van der Waals surface area contributed by atoms with Gasteiger partial charge in [0.25, 0.3) is 0 Å². The van der Waals surface area contributed by atoms with E-state index in [4.69, 9.17) is 4.74 Å². The zero-order chi connectivity index (χ0) is 15.2. The fourth-order valence-corrected chi connectivity index (χ4v) is 2.96. The Hall–Kier alpha value is -1.10. The topological polar surface area (TPSA) is 61.7 Å². The molecule has 21 heavy (non-hydrogen) atoms. The lowest BCUT2D eigenvalue weighted by atomic mass is 10.1. The predicted molar refractivity (Wildman–Crippen MR) is 83.6 cm³/mol. The van der Waals surface area contributed by atoms with E-state index in [1.165, 1.54) is 0 Å². The van der Waals surface area contributed by atoms with Crippen molar-refractivity contribution in [3.05, 3.63) is 29.3 Å². The van der Waals surface area contributed by atoms with Crippen molar-refractivity contribution >= 4 is 0 Å². The lowest BCUT2D eigenvalue weighted by molar-refractivity contribution is 0.0980. The third-order valence-corrected chi connectivity index (χ3v) is 4.04. The second kappa shape index (κ2) is 7.78. The first-order valence-electron chi connectivity index (χ1n) is 7.82. The summed E-state index contributed by atoms with van der Waals surface area (Å²) in [5.41, 5.74) is 2.32. The molecule has 4 heteroatoms. The van der Waals surface area contributed by atoms with Crippen LogP contribution in [0.15, 0.2) is 18.2 Å². The maximum absolute atomic E-state index is 9.94. The van der Waals surface area contributed by atoms with E-state index in [0.717, 1.165) is 42.7 Å². The van der Waals surface area contributed by atoms with Crippen LogP contribution in [0.4, 0.5) is 0 Å². The van der Waals surface area contributed by atoms with Gasteiger partial charge in [-0.1, -0.05) is 12.5 Å². The molecule has 0 saturated heterocycles. The zero-order valence-electron chi connectivity index (χ0n) is 13.0. The van der Waals surface area contributed by atoms with Gasteiger partial charge in [0, 0.05) is 13.1 Å². The van der Waals surface area contributed by atoms with Crippen LogP contribution in [0, 0.1) is 19.8 Å². The van der Waals surface area contributed by atoms with E-state index in [0.29, 0.717) is 12.5 Å². The van der Waals surface area contributed by atoms with E-state index in [1.54, 1.807) is 0 Å². The largest absolute Gasteiger partial charge is 0.491 e. The van der Waals surface area contributed by atoms with Gasteiger partial charge in [-0.25, -0.2) is 0 Å². The Morgan fingerprint density at radius 2 is 1.95 bits per heavy atom. The Morgan fingerprint density at radius 1 is 1.24 bits per heavy atom. The summed E-state index contributed by atoms with van der Waals surface area (Å²) < 4.78 is 5.63. The highest BCUT2D eigenvalue weighted by atomic mass is 16.5. The molecule has 0 radical (unpaired) electrons. The summed E-state index contributed by atoms with van der Waals surface area (Å²) in [6.07, 6.45) is 2.37. The van der Waals surface area contributed by atoms with Crippen molar-refractivity contribution in [1.29, 1.82) is 0 Å². The Kier molecular flexibility index (Phi) is 6.03. The van der Waals surface area contributed by atoms with Gasteiger partial charge in [-0.2, -0.15) is 0 Å². The minimum absolute atomic E-state index is 0.179. The minimum atomic E-state index is -0.538. The normalized spacial score (nSPS) is 23.2. The molecule has 1 saturated carbocycles. The van der Waals surface area contributed by atoms with Crippen LogP contribution < -0.4 is 10.1 Å². The third kappa shape index (κ3) is 5.30. The summed E-state index contributed by atoms with van der Waals surface area (Å²) in [4.78, 5) is 0. The highest BCUT2D eigenvalue weighted by molar-refractivity contribution is 5.32. The lowest BCUT2D eigenvalue weighted by Gasteiger charge is -2.18. The van der Waals surface area contributed by atoms with Crippen LogP contribution in [0.25, 0.3) is 0 Å². The number of ether oxygens (including phenoxy) is 1. The quantitative estimate of drug-likeness (QED) is 0.717. The maximum Gasteiger partial charge on any atom is 0.119 e. The Labute approximate surface area is 127 Å². The van der Waals surface area contributed by atoms with Gasteiger partial charge in [-0.05, 0) is 55.9 Å². The van der Waals surface area contributed by atoms with E-state index >= 15 is 0 Å². The number of hydrogen-bond acceptors (Lipinski definition) is 4. The van der Waals surface area contributed by atoms with Crippen LogP contribution in [-0.4, -0.2) is 42.1 Å². The van der Waals surface area contributed by atoms with Crippen molar-refractivity contribution < 1.29 is 14.9 Å². The van der Waals surface area contributed by atoms with Crippen molar-refractivity contribution in [3.63, 3.8) is 0 Å². The number of benzene rings is 1. The standard InChI is InChI=1S/C17H27NO3/c1-12-6-13(2)8-16(7-12)21-11-15(19)10-18-9-14-4-3-5-17(14)20/h6-8,14-15,17-20H,3-5,9-11H2,1-2H3. The van der Waals surface area contributed by atoms with Crippen LogP contribution >= 0.6 is 0 Å². The summed E-state index contributed by atoms with van der Waals surface area (Å²) in [7, 11) is 0. The monoisotopic (exact) mass is 293 g/mol. The van der Waals surface area contributed by atoms with Gasteiger partial charge in [0.15, 0.2) is 0 Å². The van der Waals surface area contributed by atoms with Crippen LogP contribution in [-0.2, 0) is 0 Å². The number of aryl methyl sites for hydroxylation is 2. The molecule has 1 aromatic rings. The van der Waals surface area contributed by atoms with Gasteiger partial charge >= 0.3 is 0 Å². The molecule has 0 aliphatic heterocycles. The van der Waals surface area contributed by atoms with Crippen molar-refractivity contribution in [3.8, 4) is 5.75 Å². The molecular formula is C17H27NO3. The van der Waals surface area contributed by atoms with E-state index in [2.05, 4.69) is 11.4 Å². The van der Waals surface area contributed by atoms with Crippen molar-refractivity contribution in [2.45, 2.75) is 45.3 Å². The van der Waals surface area contributed by atoms with E-state index in [9.17, 15) is 10.2 Å². The molecule has 1 aliphatic carbocycles. The molecule has 4 nitrogen and oxygen atoms in total. The summed E-state index contributed by atoms with van der Waals surface area (Å²) in [5, 5.41) is 22.9. The molecule has 0 aromatic heterocycles. The fraction of sp³-hybridized carbons (Fsp3) is 0.647. The molecule has 3 N–H and O–H groups in total. The molecular weight excluding hydrogens is 266 g/mol. The molecule has 1 aliphatic rings. The highest BCUT2D eigenvalue weighted by Gasteiger charge is 2.24. The number of aliphatic hydroxyl groups is 2. The smallest absolute Gasteiger partial charge is 0.119 e. The minimum Gasteiger partial charge on any atom is -0.491 e. The number of aliphatic hydroxyl groups excluding tert-OH is 2. The molecule has 1 aromatic carbocycles. The van der Waals surface area contributed by atoms with Gasteiger partial charge in [0.05, 0.1) is 6.10 Å². The molecule has 0 bridgehead atoms. The Morgan fingerprint density at radius 3 is 2.57 bits per heavy atom. The molecule has 1 fully saturated rings. The highest BCUT2D eigenvalue weighted by Crippen LogP contribution is 2.24. The third-order valence-electron chi connectivity index (χ3n) is 4.04. The Bertz CT molecular complexity index is 429. The first kappa shape index (κ1) is 16.3. The summed E-state index contributed by atoms with van der Waals surface area (Å²) in [6.45, 7) is 5.61. The van der Waals surface area contributed by atoms with Crippen LogP contribution in [0.1, 0.15) is 30.4 Å². The molecule has 118 valence electrons. The van der Waals surface area contributed by atoms with Gasteiger partial charge in [0.2, 0.25) is 0 Å². The molecule has 3 unspecified atom stereocenters. The first-order valence-corrected chi connectivity index (χ1v) is 7.82. The summed E-state index contributed by atoms with van der Waals surface area (Å²) in [6, 6.07) is 6.04. The van der Waals surface area contributed by atoms with Gasteiger partial charge in [0.1, 0.15) is 18.5 Å². The molecule has 2 rings (SSSR count). The van der Waals surface area contributed by atoms with Crippen LogP contribution in [0.5, 0.6) is 5.75 Å². The number of rotatable bonds is 7. The molecule has 3 atom stereocenters. The van der Waals surface area contributed by atoms with Gasteiger partial charge < -0.3 is 20.3 Å². The van der Waals surface area contributed by atoms with Gasteiger partial charge in [-0.3, -0.25) is 0 Å². The fourth-order valence-electron chi connectivity index (χ4n) is 2.96. The SMILES string of the molecule is Cc1cc(C)cc(OCC(O)CNCC2CCCC2O)c1. The average molecular weight is 293 g/mol. The Balaban J connectivity index is 1.66. The predicted octanol–water partition coefficient (Wildman–Crippen LogP) is 1.79. The first-order chi connectivity index (χ1) is 10.0. The molecule has 0 spiro atoms. The van der Waals surface area contributed by atoms with Crippen molar-refractivity contribution in [2.24, 2.45) is 5.92 Å². The van der Waals surface area contributed by atoms with E-state index < -0.39 is 6.10 Å². The molecule has 0 heterocycles. The van der Waals surface area contributed by atoms with Crippen LogP contribution in [0.3, 0.4) is 0 Å². The maximum atomic E-state index is 9.94. The average Bonchev–Trinajstić information content (AvgIpc) is 2.81. The van der Waals surface area contributed by atoms with Crippen LogP contribution in [0.2, 0.25) is 0 Å².